The molecule has 1 aromatic carbocycles. The highest BCUT2D eigenvalue weighted by Crippen LogP contribution is 2.13. The van der Waals surface area contributed by atoms with Crippen molar-refractivity contribution in [2.24, 2.45) is 0 Å². The van der Waals surface area contributed by atoms with E-state index in [2.05, 4.69) is 5.32 Å². The van der Waals surface area contributed by atoms with Crippen molar-refractivity contribution in [1.29, 1.82) is 0 Å². The third-order valence-electron chi connectivity index (χ3n) is 4.55. The third kappa shape index (κ3) is 5.17. The quantitative estimate of drug-likeness (QED) is 0.710. The first-order valence-corrected chi connectivity index (χ1v) is 9.15. The Morgan fingerprint density at radius 3 is 2.93 bits per heavy atom. The van der Waals surface area contributed by atoms with E-state index < -0.39 is 17.9 Å². The summed E-state index contributed by atoms with van der Waals surface area (Å²) in [7, 11) is 0. The Kier molecular flexibility index (Phi) is 6.78. The molecule has 0 spiro atoms. The Labute approximate surface area is 161 Å². The normalized spacial score (nSPS) is 16.1. The van der Waals surface area contributed by atoms with E-state index in [9.17, 15) is 19.1 Å². The maximum Gasteiger partial charge on any atom is 0.240 e. The van der Waals surface area contributed by atoms with Gasteiger partial charge in [0.15, 0.2) is 5.75 Å². The molecule has 1 aromatic heterocycles. The zero-order valence-corrected chi connectivity index (χ0v) is 15.4. The monoisotopic (exact) mass is 390 g/mol. The molecule has 3 rings (SSSR count). The van der Waals surface area contributed by atoms with Crippen molar-refractivity contribution in [3.63, 3.8) is 0 Å². The smallest absolute Gasteiger partial charge is 0.240 e. The Morgan fingerprint density at radius 2 is 2.21 bits per heavy atom. The van der Waals surface area contributed by atoms with Gasteiger partial charge in [0.25, 0.3) is 0 Å². The van der Waals surface area contributed by atoms with Gasteiger partial charge in [0, 0.05) is 30.5 Å². The minimum absolute atomic E-state index is 0.0209. The molecular formula is C20H23FN2O5. The number of rotatable bonds is 8. The van der Waals surface area contributed by atoms with Gasteiger partial charge in [-0.05, 0) is 18.9 Å². The highest BCUT2D eigenvalue weighted by molar-refractivity contribution is 5.75. The minimum Gasteiger partial charge on any atom is -0.483 e. The van der Waals surface area contributed by atoms with Crippen LogP contribution in [0, 0.1) is 5.82 Å². The first kappa shape index (κ1) is 20.0. The summed E-state index contributed by atoms with van der Waals surface area (Å²) in [6.07, 6.45) is 3.28. The first-order chi connectivity index (χ1) is 13.6. The largest absolute Gasteiger partial charge is 0.483 e. The van der Waals surface area contributed by atoms with Crippen LogP contribution in [0.3, 0.4) is 0 Å². The van der Waals surface area contributed by atoms with Gasteiger partial charge >= 0.3 is 0 Å². The molecule has 7 nitrogen and oxygen atoms in total. The lowest BCUT2D eigenvalue weighted by atomic mass is 10.2. The van der Waals surface area contributed by atoms with Gasteiger partial charge in [0.05, 0.1) is 18.9 Å². The van der Waals surface area contributed by atoms with Crippen molar-refractivity contribution >= 4 is 5.91 Å². The van der Waals surface area contributed by atoms with E-state index >= 15 is 0 Å². The van der Waals surface area contributed by atoms with Crippen LogP contribution in [0.15, 0.2) is 41.3 Å². The number of hydrogen-bond acceptors (Lipinski definition) is 5. The predicted octanol–water partition coefficient (Wildman–Crippen LogP) is 1.35. The summed E-state index contributed by atoms with van der Waals surface area (Å²) in [5, 5.41) is 12.3. The Bertz CT molecular complexity index is 877. The number of carbonyl (C=O) groups is 1. The van der Waals surface area contributed by atoms with E-state index in [1.54, 1.807) is 18.2 Å². The summed E-state index contributed by atoms with van der Waals surface area (Å²) in [4.78, 5) is 24.4. The number of aliphatic hydroxyl groups is 1. The average molecular weight is 390 g/mol. The highest BCUT2D eigenvalue weighted by atomic mass is 19.1. The second-order valence-corrected chi connectivity index (χ2v) is 6.60. The standard InChI is InChI=1S/C20H23FN2O5/c21-17-6-2-1-4-14(17)13-28-19-10-23(15(12-24)8-18(19)25)11-20(26)22-9-16-5-3-7-27-16/h1-2,4,6,8,10,16,24H,3,5,7,9,11-13H2,(H,22,26)/t16-/m0/s1. The molecule has 1 saturated heterocycles. The molecule has 2 heterocycles. The van der Waals surface area contributed by atoms with Crippen molar-refractivity contribution in [3.8, 4) is 5.75 Å². The number of aliphatic hydroxyl groups excluding tert-OH is 1. The Hall–Kier alpha value is -2.71. The second kappa shape index (κ2) is 9.48. The van der Waals surface area contributed by atoms with Gasteiger partial charge in [-0.1, -0.05) is 18.2 Å². The third-order valence-corrected chi connectivity index (χ3v) is 4.55. The van der Waals surface area contributed by atoms with Gasteiger partial charge in [-0.2, -0.15) is 0 Å². The summed E-state index contributed by atoms with van der Waals surface area (Å²) >= 11 is 0. The number of halogens is 1. The summed E-state index contributed by atoms with van der Waals surface area (Å²) in [5.41, 5.74) is 0.154. The first-order valence-electron chi connectivity index (χ1n) is 9.15. The summed E-state index contributed by atoms with van der Waals surface area (Å²) in [6, 6.07) is 7.33. The molecule has 2 aromatic rings. The van der Waals surface area contributed by atoms with Crippen LogP contribution in [-0.2, 0) is 29.3 Å². The number of hydrogen-bond donors (Lipinski definition) is 2. The molecule has 1 amide bonds. The van der Waals surface area contributed by atoms with Crippen LogP contribution in [-0.4, -0.2) is 34.8 Å². The molecule has 0 radical (unpaired) electrons. The molecule has 0 saturated carbocycles. The molecule has 1 fully saturated rings. The van der Waals surface area contributed by atoms with Crippen LogP contribution in [0.1, 0.15) is 24.1 Å². The SMILES string of the molecule is O=C(Cn1cc(OCc2ccccc2F)c(=O)cc1CO)NC[C@@H]1CCCO1. The molecule has 150 valence electrons. The summed E-state index contributed by atoms with van der Waals surface area (Å²) < 4.78 is 26.1. The van der Waals surface area contributed by atoms with Crippen molar-refractivity contribution in [2.75, 3.05) is 13.2 Å². The van der Waals surface area contributed by atoms with Crippen LogP contribution in [0.2, 0.25) is 0 Å². The lowest BCUT2D eigenvalue weighted by Gasteiger charge is -2.15. The molecule has 0 unspecified atom stereocenters. The van der Waals surface area contributed by atoms with Crippen molar-refractivity contribution in [2.45, 2.75) is 38.7 Å². The van der Waals surface area contributed by atoms with Crippen molar-refractivity contribution < 1.29 is 23.8 Å². The van der Waals surface area contributed by atoms with Crippen molar-refractivity contribution in [1.82, 2.24) is 9.88 Å². The average Bonchev–Trinajstić information content (AvgIpc) is 3.21. The van der Waals surface area contributed by atoms with Gasteiger partial charge < -0.3 is 24.5 Å². The van der Waals surface area contributed by atoms with Gasteiger partial charge in [-0.15, -0.1) is 0 Å². The second-order valence-electron chi connectivity index (χ2n) is 6.60. The molecule has 8 heteroatoms. The van der Waals surface area contributed by atoms with E-state index in [0.29, 0.717) is 18.7 Å². The zero-order chi connectivity index (χ0) is 19.9. The van der Waals surface area contributed by atoms with E-state index in [4.69, 9.17) is 9.47 Å². The number of aromatic nitrogens is 1. The number of benzene rings is 1. The topological polar surface area (TPSA) is 89.8 Å². The van der Waals surface area contributed by atoms with E-state index in [1.807, 2.05) is 0 Å². The zero-order valence-electron chi connectivity index (χ0n) is 15.4. The molecule has 1 aliphatic heterocycles. The number of amides is 1. The van der Waals surface area contributed by atoms with Crippen LogP contribution in [0.5, 0.6) is 5.75 Å². The molecule has 0 aliphatic carbocycles. The maximum atomic E-state index is 13.7. The van der Waals surface area contributed by atoms with E-state index in [1.165, 1.54) is 22.9 Å². The van der Waals surface area contributed by atoms with Gasteiger partial charge in [0.1, 0.15) is 19.0 Å². The van der Waals surface area contributed by atoms with Crippen LogP contribution in [0.25, 0.3) is 0 Å². The van der Waals surface area contributed by atoms with Gasteiger partial charge in [0.2, 0.25) is 11.3 Å². The number of pyridine rings is 1. The number of nitrogens with zero attached hydrogens (tertiary/aromatic N) is 1. The Balaban J connectivity index is 1.67. The summed E-state index contributed by atoms with van der Waals surface area (Å²) in [5.74, 6) is -0.718. The fraction of sp³-hybridized carbons (Fsp3) is 0.400. The molecule has 2 N–H and O–H groups in total. The van der Waals surface area contributed by atoms with Crippen LogP contribution >= 0.6 is 0 Å². The molecule has 28 heavy (non-hydrogen) atoms. The van der Waals surface area contributed by atoms with Crippen LogP contribution in [0.4, 0.5) is 4.39 Å². The molecule has 1 aliphatic rings. The number of ether oxygens (including phenoxy) is 2. The molecular weight excluding hydrogens is 367 g/mol. The lowest BCUT2D eigenvalue weighted by Crippen LogP contribution is -2.34. The fourth-order valence-electron chi connectivity index (χ4n) is 3.00. The minimum atomic E-state index is -0.448. The molecule has 1 atom stereocenters. The van der Waals surface area contributed by atoms with Gasteiger partial charge in [-0.25, -0.2) is 4.39 Å². The number of carbonyl (C=O) groups excluding carboxylic acids is 1. The lowest BCUT2D eigenvalue weighted by molar-refractivity contribution is -0.122. The van der Waals surface area contributed by atoms with Crippen molar-refractivity contribution in [3.05, 3.63) is 63.8 Å². The summed E-state index contributed by atoms with van der Waals surface area (Å²) in [6.45, 7) is 0.522. The van der Waals surface area contributed by atoms with E-state index in [-0.39, 0.29) is 36.6 Å². The maximum absolute atomic E-state index is 13.7. The number of nitrogens with one attached hydrogen (secondary N) is 1. The Morgan fingerprint density at radius 1 is 1.39 bits per heavy atom. The molecule has 0 bridgehead atoms. The van der Waals surface area contributed by atoms with Crippen LogP contribution < -0.4 is 15.5 Å². The predicted molar refractivity (Wildman–Crippen MR) is 99.3 cm³/mol. The van der Waals surface area contributed by atoms with E-state index in [0.717, 1.165) is 12.8 Å². The fourth-order valence-corrected chi connectivity index (χ4v) is 3.00. The van der Waals surface area contributed by atoms with Gasteiger partial charge in [-0.3, -0.25) is 9.59 Å². The highest BCUT2D eigenvalue weighted by Gasteiger charge is 2.17.